The molecular formula is C22H30N3OS+. The van der Waals surface area contributed by atoms with Gasteiger partial charge in [0.2, 0.25) is 5.91 Å². The molecule has 0 N–H and O–H groups in total. The first-order chi connectivity index (χ1) is 13.0. The summed E-state index contributed by atoms with van der Waals surface area (Å²) in [6, 6.07) is 12.7. The van der Waals surface area contributed by atoms with Crippen molar-refractivity contribution in [3.8, 4) is 0 Å². The van der Waals surface area contributed by atoms with Gasteiger partial charge in [0.25, 0.3) is 0 Å². The SMILES string of the molecule is CN(CCCN(C)c1ccc(/C=C/c2cc[n+](C)cc2)cc1)C(=O)CCS. The molecule has 2 aromatic rings. The van der Waals surface area contributed by atoms with E-state index in [9.17, 15) is 4.79 Å². The molecule has 0 saturated heterocycles. The van der Waals surface area contributed by atoms with Crippen LogP contribution in [0.5, 0.6) is 0 Å². The molecule has 2 rings (SSSR count). The Hall–Kier alpha value is -2.27. The quantitative estimate of drug-likeness (QED) is 0.531. The van der Waals surface area contributed by atoms with Crippen LogP contribution in [0, 0.1) is 0 Å². The van der Waals surface area contributed by atoms with Crippen LogP contribution in [-0.4, -0.2) is 43.7 Å². The predicted molar refractivity (Wildman–Crippen MR) is 117 cm³/mol. The Bertz CT molecular complexity index is 741. The molecule has 0 radical (unpaired) electrons. The van der Waals surface area contributed by atoms with Crippen molar-refractivity contribution in [3.63, 3.8) is 0 Å². The Kier molecular flexibility index (Phi) is 8.40. The van der Waals surface area contributed by atoms with Gasteiger partial charge >= 0.3 is 0 Å². The van der Waals surface area contributed by atoms with E-state index in [4.69, 9.17) is 0 Å². The number of aryl methyl sites for hydroxylation is 1. The number of carbonyl (C=O) groups excluding carboxylic acids is 1. The molecule has 0 atom stereocenters. The average Bonchev–Trinajstić information content (AvgIpc) is 2.68. The topological polar surface area (TPSA) is 27.4 Å². The molecule has 0 bridgehead atoms. The van der Waals surface area contributed by atoms with Crippen LogP contribution in [0.3, 0.4) is 0 Å². The van der Waals surface area contributed by atoms with Crippen LogP contribution in [0.1, 0.15) is 24.0 Å². The third-order valence-corrected chi connectivity index (χ3v) is 4.77. The Labute approximate surface area is 168 Å². The van der Waals surface area contributed by atoms with Crippen molar-refractivity contribution in [1.82, 2.24) is 4.90 Å². The van der Waals surface area contributed by atoms with Crippen LogP contribution >= 0.6 is 12.6 Å². The van der Waals surface area contributed by atoms with Crippen molar-refractivity contribution in [2.45, 2.75) is 12.8 Å². The van der Waals surface area contributed by atoms with Gasteiger partial charge in [-0.05, 0) is 35.4 Å². The Balaban J connectivity index is 1.83. The molecule has 0 spiro atoms. The molecule has 0 aliphatic heterocycles. The van der Waals surface area contributed by atoms with Crippen LogP contribution in [0.25, 0.3) is 12.2 Å². The van der Waals surface area contributed by atoms with Gasteiger partial charge in [0.05, 0.1) is 0 Å². The van der Waals surface area contributed by atoms with Crippen molar-refractivity contribution in [2.75, 3.05) is 37.8 Å². The average molecular weight is 385 g/mol. The first-order valence-electron chi connectivity index (χ1n) is 9.29. The van der Waals surface area contributed by atoms with E-state index in [-0.39, 0.29) is 5.91 Å². The monoisotopic (exact) mass is 384 g/mol. The highest BCUT2D eigenvalue weighted by Crippen LogP contribution is 2.16. The number of pyridine rings is 1. The van der Waals surface area contributed by atoms with Crippen LogP contribution in [-0.2, 0) is 11.8 Å². The zero-order valence-electron chi connectivity index (χ0n) is 16.5. The molecule has 1 aromatic carbocycles. The van der Waals surface area contributed by atoms with Gasteiger partial charge in [-0.2, -0.15) is 12.6 Å². The normalized spacial score (nSPS) is 11.0. The minimum atomic E-state index is 0.163. The first-order valence-corrected chi connectivity index (χ1v) is 9.92. The van der Waals surface area contributed by atoms with Crippen LogP contribution in [0.4, 0.5) is 5.69 Å². The third kappa shape index (κ3) is 7.10. The second-order valence-electron chi connectivity index (χ2n) is 6.79. The van der Waals surface area contributed by atoms with Gasteiger partial charge < -0.3 is 9.80 Å². The number of aromatic nitrogens is 1. The minimum Gasteiger partial charge on any atom is -0.375 e. The molecule has 1 heterocycles. The molecule has 0 unspecified atom stereocenters. The molecule has 5 heteroatoms. The summed E-state index contributed by atoms with van der Waals surface area (Å²) in [5.41, 5.74) is 3.55. The van der Waals surface area contributed by atoms with Crippen molar-refractivity contribution in [3.05, 3.63) is 59.9 Å². The lowest BCUT2D eigenvalue weighted by Gasteiger charge is -2.22. The van der Waals surface area contributed by atoms with Gasteiger partial charge in [-0.15, -0.1) is 0 Å². The number of rotatable bonds is 9. The maximum atomic E-state index is 11.8. The third-order valence-electron chi connectivity index (χ3n) is 4.54. The second-order valence-corrected chi connectivity index (χ2v) is 7.23. The van der Waals surface area contributed by atoms with Crippen LogP contribution in [0.15, 0.2) is 48.8 Å². The lowest BCUT2D eigenvalue weighted by atomic mass is 10.1. The van der Waals surface area contributed by atoms with Crippen molar-refractivity contribution in [2.24, 2.45) is 7.05 Å². The zero-order valence-corrected chi connectivity index (χ0v) is 17.4. The predicted octanol–water partition coefficient (Wildman–Crippen LogP) is 3.29. The summed E-state index contributed by atoms with van der Waals surface area (Å²) in [5, 5.41) is 0. The maximum absolute atomic E-state index is 11.8. The number of carbonyl (C=O) groups is 1. The van der Waals surface area contributed by atoms with E-state index in [2.05, 4.69) is 73.1 Å². The smallest absolute Gasteiger partial charge is 0.223 e. The van der Waals surface area contributed by atoms with Crippen molar-refractivity contribution < 1.29 is 9.36 Å². The molecule has 1 aromatic heterocycles. The molecule has 1 amide bonds. The maximum Gasteiger partial charge on any atom is 0.223 e. The molecule has 144 valence electrons. The summed E-state index contributed by atoms with van der Waals surface area (Å²) in [4.78, 5) is 15.8. The summed E-state index contributed by atoms with van der Waals surface area (Å²) >= 11 is 4.11. The van der Waals surface area contributed by atoms with Gasteiger partial charge in [0.1, 0.15) is 7.05 Å². The lowest BCUT2D eigenvalue weighted by Crippen LogP contribution is -2.30. The molecule has 0 aliphatic carbocycles. The summed E-state index contributed by atoms with van der Waals surface area (Å²) in [7, 11) is 5.96. The standard InChI is InChI=1S/C22H29N3OS/c1-23-16-11-20(12-17-23)6-5-19-7-9-21(10-8-19)24(2)14-4-15-25(3)22(26)13-18-27/h5-12,16-17H,4,13-15,18H2,1-3H3/p+1. The number of benzene rings is 1. The van der Waals surface area contributed by atoms with Gasteiger partial charge in [0.15, 0.2) is 12.4 Å². The van der Waals surface area contributed by atoms with E-state index in [1.807, 2.05) is 31.1 Å². The largest absolute Gasteiger partial charge is 0.375 e. The minimum absolute atomic E-state index is 0.163. The van der Waals surface area contributed by atoms with Gasteiger partial charge in [-0.3, -0.25) is 4.79 Å². The summed E-state index contributed by atoms with van der Waals surface area (Å²) in [5.74, 6) is 0.767. The number of thiol groups is 1. The zero-order chi connectivity index (χ0) is 19.6. The first kappa shape index (κ1) is 21.0. The van der Waals surface area contributed by atoms with E-state index >= 15 is 0 Å². The highest BCUT2D eigenvalue weighted by molar-refractivity contribution is 7.80. The molecule has 0 saturated carbocycles. The van der Waals surface area contributed by atoms with Crippen LogP contribution < -0.4 is 9.47 Å². The Morgan fingerprint density at radius 1 is 1.00 bits per heavy atom. The summed E-state index contributed by atoms with van der Waals surface area (Å²) in [6.45, 7) is 1.68. The molecule has 0 fully saturated rings. The van der Waals surface area contributed by atoms with E-state index in [0.29, 0.717) is 12.2 Å². The molecule has 0 aliphatic rings. The van der Waals surface area contributed by atoms with E-state index in [1.165, 1.54) is 16.8 Å². The van der Waals surface area contributed by atoms with Crippen molar-refractivity contribution >= 4 is 36.4 Å². The fourth-order valence-corrected chi connectivity index (χ4v) is 2.93. The molecule has 4 nitrogen and oxygen atoms in total. The molecule has 27 heavy (non-hydrogen) atoms. The fourth-order valence-electron chi connectivity index (χ4n) is 2.74. The van der Waals surface area contributed by atoms with E-state index in [1.54, 1.807) is 4.90 Å². The highest BCUT2D eigenvalue weighted by atomic mass is 32.1. The second kappa shape index (κ2) is 10.8. The van der Waals surface area contributed by atoms with Gasteiger partial charge in [0, 0.05) is 51.4 Å². The van der Waals surface area contributed by atoms with E-state index in [0.717, 1.165) is 19.5 Å². The summed E-state index contributed by atoms with van der Waals surface area (Å²) in [6.07, 6.45) is 9.78. The highest BCUT2D eigenvalue weighted by Gasteiger charge is 2.07. The Morgan fingerprint density at radius 3 is 2.19 bits per heavy atom. The number of hydrogen-bond acceptors (Lipinski definition) is 3. The van der Waals surface area contributed by atoms with Gasteiger partial charge in [-0.1, -0.05) is 24.3 Å². The summed E-state index contributed by atoms with van der Waals surface area (Å²) < 4.78 is 2.02. The van der Waals surface area contributed by atoms with Crippen molar-refractivity contribution in [1.29, 1.82) is 0 Å². The number of hydrogen-bond donors (Lipinski definition) is 1. The Morgan fingerprint density at radius 2 is 1.59 bits per heavy atom. The van der Waals surface area contributed by atoms with Crippen LogP contribution in [0.2, 0.25) is 0 Å². The fraction of sp³-hybridized carbons (Fsp3) is 0.364. The van der Waals surface area contributed by atoms with E-state index < -0.39 is 0 Å². The number of anilines is 1. The number of amides is 1. The lowest BCUT2D eigenvalue weighted by molar-refractivity contribution is -0.671. The van der Waals surface area contributed by atoms with Gasteiger partial charge in [-0.25, -0.2) is 4.57 Å². The number of nitrogens with zero attached hydrogens (tertiary/aromatic N) is 3. The molecular weight excluding hydrogens is 354 g/mol.